The predicted octanol–water partition coefficient (Wildman–Crippen LogP) is 2.15. The van der Waals surface area contributed by atoms with Crippen LogP contribution in [0.15, 0.2) is 41.2 Å². The van der Waals surface area contributed by atoms with E-state index in [4.69, 9.17) is 4.74 Å². The normalized spacial score (nSPS) is 17.5. The highest BCUT2D eigenvalue weighted by Gasteiger charge is 2.25. The molecule has 0 fully saturated rings. The Morgan fingerprint density at radius 3 is 3.00 bits per heavy atom. The van der Waals surface area contributed by atoms with Gasteiger partial charge in [0.1, 0.15) is 12.0 Å². The van der Waals surface area contributed by atoms with Gasteiger partial charge in [0, 0.05) is 18.5 Å². The van der Waals surface area contributed by atoms with Crippen molar-refractivity contribution in [2.24, 2.45) is 0 Å². The maximum atomic E-state index is 12.0. The molecule has 1 N–H and O–H groups in total. The lowest BCUT2D eigenvalue weighted by molar-refractivity contribution is -0.116. The van der Waals surface area contributed by atoms with Crippen molar-refractivity contribution in [2.45, 2.75) is 13.3 Å². The summed E-state index contributed by atoms with van der Waals surface area (Å²) in [6.07, 6.45) is 2.52. The summed E-state index contributed by atoms with van der Waals surface area (Å²) < 4.78 is 5.81. The molecule has 96 valence electrons. The van der Waals surface area contributed by atoms with Gasteiger partial charge in [-0.3, -0.25) is 9.59 Å². The van der Waals surface area contributed by atoms with E-state index >= 15 is 0 Å². The van der Waals surface area contributed by atoms with Gasteiger partial charge in [0.05, 0.1) is 11.3 Å². The summed E-state index contributed by atoms with van der Waals surface area (Å²) in [5, 5.41) is 3.19. The van der Waals surface area contributed by atoms with Gasteiger partial charge in [0.15, 0.2) is 11.5 Å². The first-order chi connectivity index (χ1) is 9.17. The second-order valence-corrected chi connectivity index (χ2v) is 4.74. The number of nitrogens with one attached hydrogen (secondary N) is 1. The number of carbonyl (C=O) groups is 2. The molecule has 0 spiro atoms. The zero-order valence-electron chi connectivity index (χ0n) is 10.5. The molecule has 0 radical (unpaired) electrons. The molecular formula is C15H13NO3. The smallest absolute Gasteiger partial charge is 0.168 e. The summed E-state index contributed by atoms with van der Waals surface area (Å²) in [5.74, 6) is 1.10. The lowest BCUT2D eigenvalue weighted by atomic mass is 9.96. The van der Waals surface area contributed by atoms with Gasteiger partial charge in [-0.25, -0.2) is 0 Å². The van der Waals surface area contributed by atoms with Crippen LogP contribution in [0, 0.1) is 6.92 Å². The highest BCUT2D eigenvalue weighted by molar-refractivity contribution is 6.03. The summed E-state index contributed by atoms with van der Waals surface area (Å²) in [4.78, 5) is 22.8. The number of fused-ring (bicyclic) bond motifs is 1. The average Bonchev–Trinajstić information content (AvgIpc) is 2.57. The number of aryl methyl sites for hydroxylation is 1. The summed E-state index contributed by atoms with van der Waals surface area (Å²) >= 11 is 0. The molecule has 3 rings (SSSR count). The molecular weight excluding hydrogens is 242 g/mol. The molecule has 2 aliphatic rings. The van der Waals surface area contributed by atoms with Crippen LogP contribution < -0.4 is 10.1 Å². The third-order valence-corrected chi connectivity index (χ3v) is 3.28. The zero-order valence-corrected chi connectivity index (χ0v) is 10.5. The van der Waals surface area contributed by atoms with E-state index in [9.17, 15) is 9.59 Å². The fourth-order valence-corrected chi connectivity index (χ4v) is 2.25. The fraction of sp³-hybridized carbons (Fsp3) is 0.200. The van der Waals surface area contributed by atoms with Gasteiger partial charge < -0.3 is 10.1 Å². The van der Waals surface area contributed by atoms with Crippen molar-refractivity contribution in [3.05, 3.63) is 46.7 Å². The minimum atomic E-state index is -0.0587. The summed E-state index contributed by atoms with van der Waals surface area (Å²) in [6, 6.07) is 5.82. The highest BCUT2D eigenvalue weighted by atomic mass is 16.5. The van der Waals surface area contributed by atoms with Crippen LogP contribution in [-0.2, 0) is 9.59 Å². The van der Waals surface area contributed by atoms with Crippen molar-refractivity contribution in [1.29, 1.82) is 0 Å². The molecule has 1 aromatic rings. The van der Waals surface area contributed by atoms with Crippen LogP contribution in [0.25, 0.3) is 0 Å². The maximum Gasteiger partial charge on any atom is 0.168 e. The van der Waals surface area contributed by atoms with E-state index in [-0.39, 0.29) is 12.2 Å². The van der Waals surface area contributed by atoms with Gasteiger partial charge in [-0.2, -0.15) is 0 Å². The number of hydrogen-bond acceptors (Lipinski definition) is 4. The molecule has 0 aromatic heterocycles. The number of Topliss-reactive ketones (excluding diaryl/α,β-unsaturated/α-hetero) is 1. The summed E-state index contributed by atoms with van der Waals surface area (Å²) in [5.41, 5.74) is 2.99. The van der Waals surface area contributed by atoms with Crippen LogP contribution in [0.2, 0.25) is 0 Å². The number of ether oxygens (including phenoxy) is 1. The molecule has 1 aliphatic carbocycles. The molecule has 19 heavy (non-hydrogen) atoms. The number of aldehydes is 1. The van der Waals surface area contributed by atoms with Crippen LogP contribution in [-0.4, -0.2) is 18.6 Å². The van der Waals surface area contributed by atoms with E-state index in [1.165, 1.54) is 0 Å². The number of hydrogen-bond donors (Lipinski definition) is 1. The van der Waals surface area contributed by atoms with Gasteiger partial charge in [-0.05, 0) is 30.7 Å². The van der Waals surface area contributed by atoms with Crippen LogP contribution in [0.5, 0.6) is 5.75 Å². The molecule has 0 saturated carbocycles. The van der Waals surface area contributed by atoms with Crippen LogP contribution in [0.3, 0.4) is 0 Å². The molecule has 4 heteroatoms. The monoisotopic (exact) mass is 255 g/mol. The molecule has 0 amide bonds. The molecule has 4 nitrogen and oxygen atoms in total. The molecule has 0 bridgehead atoms. The van der Waals surface area contributed by atoms with Crippen molar-refractivity contribution in [3.63, 3.8) is 0 Å². The van der Waals surface area contributed by atoms with Gasteiger partial charge in [-0.1, -0.05) is 6.07 Å². The Kier molecular flexibility index (Phi) is 2.71. The number of rotatable bonds is 1. The highest BCUT2D eigenvalue weighted by Crippen LogP contribution is 2.33. The first-order valence-corrected chi connectivity index (χ1v) is 6.12. The maximum absolute atomic E-state index is 12.0. The van der Waals surface area contributed by atoms with Gasteiger partial charge >= 0.3 is 0 Å². The van der Waals surface area contributed by atoms with E-state index < -0.39 is 0 Å². The van der Waals surface area contributed by atoms with E-state index in [0.717, 1.165) is 11.3 Å². The zero-order chi connectivity index (χ0) is 13.4. The lowest BCUT2D eigenvalue weighted by Gasteiger charge is -2.14. The van der Waals surface area contributed by atoms with Crippen LogP contribution in [0.1, 0.15) is 12.0 Å². The number of ketones is 1. The quantitative estimate of drug-likeness (QED) is 0.781. The van der Waals surface area contributed by atoms with Crippen molar-refractivity contribution in [2.75, 3.05) is 11.9 Å². The third-order valence-electron chi connectivity index (χ3n) is 3.28. The number of benzene rings is 1. The van der Waals surface area contributed by atoms with Crippen LogP contribution >= 0.6 is 0 Å². The van der Waals surface area contributed by atoms with Crippen molar-refractivity contribution < 1.29 is 14.3 Å². The Balaban J connectivity index is 2.06. The Morgan fingerprint density at radius 2 is 2.21 bits per heavy atom. The van der Waals surface area contributed by atoms with E-state index in [1.54, 1.807) is 6.08 Å². The largest absolute Gasteiger partial charge is 0.455 e. The average molecular weight is 255 g/mol. The summed E-state index contributed by atoms with van der Waals surface area (Å²) in [7, 11) is 0. The van der Waals surface area contributed by atoms with Gasteiger partial charge in [0.25, 0.3) is 0 Å². The molecule has 0 unspecified atom stereocenters. The Morgan fingerprint density at radius 1 is 1.37 bits per heavy atom. The minimum absolute atomic E-state index is 0.0587. The molecule has 1 aromatic carbocycles. The lowest BCUT2D eigenvalue weighted by Crippen LogP contribution is -2.18. The number of carbonyl (C=O) groups excluding carboxylic acids is 2. The van der Waals surface area contributed by atoms with E-state index in [1.807, 2.05) is 25.1 Å². The van der Waals surface area contributed by atoms with Crippen LogP contribution in [0.4, 0.5) is 5.69 Å². The van der Waals surface area contributed by atoms with Gasteiger partial charge in [0.2, 0.25) is 0 Å². The standard InChI is InChI=1S/C15H13NO3/c1-9-2-3-12-15(4-9)19-14-6-10(8-17)5-13(18)11(14)7-16-12/h2-4,6,8,16H,5,7H2,1H3. The first-order valence-electron chi connectivity index (χ1n) is 6.12. The number of allylic oxidation sites excluding steroid dienone is 2. The molecule has 0 saturated heterocycles. The molecule has 1 heterocycles. The van der Waals surface area contributed by atoms with Crippen molar-refractivity contribution >= 4 is 17.8 Å². The summed E-state index contributed by atoms with van der Waals surface area (Å²) in [6.45, 7) is 2.40. The first kappa shape index (κ1) is 11.7. The topological polar surface area (TPSA) is 55.4 Å². The second kappa shape index (κ2) is 4.39. The van der Waals surface area contributed by atoms with Crippen molar-refractivity contribution in [3.8, 4) is 5.75 Å². The second-order valence-electron chi connectivity index (χ2n) is 4.74. The predicted molar refractivity (Wildman–Crippen MR) is 71.1 cm³/mol. The van der Waals surface area contributed by atoms with Crippen molar-refractivity contribution in [1.82, 2.24) is 0 Å². The SMILES string of the molecule is Cc1ccc2c(c1)OC1=C(CN2)C(=O)CC(C=O)=C1. The van der Waals surface area contributed by atoms with E-state index in [0.29, 0.717) is 35.5 Å². The molecule has 0 atom stereocenters. The Hall–Kier alpha value is -2.36. The Labute approximate surface area is 110 Å². The fourth-order valence-electron chi connectivity index (χ4n) is 2.25. The molecule has 1 aliphatic heterocycles. The minimum Gasteiger partial charge on any atom is -0.455 e. The van der Waals surface area contributed by atoms with Gasteiger partial charge in [-0.15, -0.1) is 0 Å². The Bertz CT molecular complexity index is 641. The van der Waals surface area contributed by atoms with E-state index in [2.05, 4.69) is 5.32 Å². The third kappa shape index (κ3) is 2.05. The number of anilines is 1.